The SMILES string of the molecule is C=CCSCC(=O)N1CCN(C(=O)OCC)CC1. The van der Waals surface area contributed by atoms with Crippen LogP contribution in [0.2, 0.25) is 0 Å². The topological polar surface area (TPSA) is 49.9 Å². The predicted octanol–water partition coefficient (Wildman–Crippen LogP) is 1.21. The van der Waals surface area contributed by atoms with Crippen LogP contribution in [0.25, 0.3) is 0 Å². The molecule has 1 saturated heterocycles. The van der Waals surface area contributed by atoms with Crippen molar-refractivity contribution < 1.29 is 14.3 Å². The van der Waals surface area contributed by atoms with Gasteiger partial charge in [-0.1, -0.05) is 6.08 Å². The van der Waals surface area contributed by atoms with Crippen molar-refractivity contribution in [2.45, 2.75) is 6.92 Å². The van der Waals surface area contributed by atoms with Gasteiger partial charge in [-0.15, -0.1) is 18.3 Å². The lowest BCUT2D eigenvalue weighted by molar-refractivity contribution is -0.129. The molecule has 1 heterocycles. The van der Waals surface area contributed by atoms with Crippen LogP contribution in [-0.4, -0.2) is 66.1 Å². The Hall–Kier alpha value is -1.17. The number of hydrogen-bond acceptors (Lipinski definition) is 4. The molecule has 6 heteroatoms. The number of thioether (sulfide) groups is 1. The zero-order chi connectivity index (χ0) is 13.4. The standard InChI is InChI=1S/C12H20N2O3S/c1-3-9-18-10-11(15)13-5-7-14(8-6-13)12(16)17-4-2/h3H,1,4-10H2,2H3. The Kier molecular flexibility index (Phi) is 6.64. The van der Waals surface area contributed by atoms with Crippen molar-refractivity contribution in [1.82, 2.24) is 9.80 Å². The molecular weight excluding hydrogens is 252 g/mol. The first-order chi connectivity index (χ1) is 8.69. The van der Waals surface area contributed by atoms with Gasteiger partial charge in [-0.25, -0.2) is 4.79 Å². The van der Waals surface area contributed by atoms with Gasteiger partial charge in [0.25, 0.3) is 0 Å². The first-order valence-corrected chi connectivity index (χ1v) is 7.22. The smallest absolute Gasteiger partial charge is 0.409 e. The molecule has 0 aliphatic carbocycles. The van der Waals surface area contributed by atoms with Gasteiger partial charge < -0.3 is 14.5 Å². The summed E-state index contributed by atoms with van der Waals surface area (Å²) in [5, 5.41) is 0. The Balaban J connectivity index is 2.28. The molecule has 0 aromatic rings. The zero-order valence-electron chi connectivity index (χ0n) is 10.8. The van der Waals surface area contributed by atoms with E-state index in [1.807, 2.05) is 0 Å². The number of hydrogen-bond donors (Lipinski definition) is 0. The second kappa shape index (κ2) is 8.02. The first-order valence-electron chi connectivity index (χ1n) is 6.07. The Bertz CT molecular complexity index is 302. The second-order valence-electron chi connectivity index (χ2n) is 3.87. The van der Waals surface area contributed by atoms with E-state index in [-0.39, 0.29) is 12.0 Å². The third-order valence-corrected chi connectivity index (χ3v) is 3.54. The zero-order valence-corrected chi connectivity index (χ0v) is 11.6. The van der Waals surface area contributed by atoms with Gasteiger partial charge in [-0.2, -0.15) is 0 Å². The van der Waals surface area contributed by atoms with Crippen molar-refractivity contribution in [3.8, 4) is 0 Å². The van der Waals surface area contributed by atoms with Crippen molar-refractivity contribution in [3.05, 3.63) is 12.7 Å². The molecule has 0 aromatic carbocycles. The minimum Gasteiger partial charge on any atom is -0.450 e. The maximum atomic E-state index is 11.8. The van der Waals surface area contributed by atoms with E-state index in [4.69, 9.17) is 4.74 Å². The Morgan fingerprint density at radius 2 is 1.89 bits per heavy atom. The molecule has 0 radical (unpaired) electrons. The molecule has 1 rings (SSSR count). The highest BCUT2D eigenvalue weighted by atomic mass is 32.2. The minimum absolute atomic E-state index is 0.130. The van der Waals surface area contributed by atoms with E-state index < -0.39 is 0 Å². The first kappa shape index (κ1) is 14.9. The van der Waals surface area contributed by atoms with E-state index in [1.54, 1.807) is 34.6 Å². The molecule has 0 N–H and O–H groups in total. The number of ether oxygens (including phenoxy) is 1. The molecule has 18 heavy (non-hydrogen) atoms. The molecule has 5 nitrogen and oxygen atoms in total. The molecule has 0 atom stereocenters. The quantitative estimate of drug-likeness (QED) is 0.557. The minimum atomic E-state index is -0.286. The van der Waals surface area contributed by atoms with Crippen LogP contribution in [-0.2, 0) is 9.53 Å². The number of carbonyl (C=O) groups is 2. The summed E-state index contributed by atoms with van der Waals surface area (Å²) in [6.45, 7) is 8.07. The number of amides is 2. The summed E-state index contributed by atoms with van der Waals surface area (Å²) in [6, 6.07) is 0. The fraction of sp³-hybridized carbons (Fsp3) is 0.667. The van der Waals surface area contributed by atoms with E-state index in [1.165, 1.54) is 0 Å². The second-order valence-corrected chi connectivity index (χ2v) is 4.90. The van der Waals surface area contributed by atoms with E-state index >= 15 is 0 Å². The largest absolute Gasteiger partial charge is 0.450 e. The molecule has 2 amide bonds. The molecule has 0 saturated carbocycles. The van der Waals surface area contributed by atoms with Crippen LogP contribution >= 0.6 is 11.8 Å². The molecule has 0 unspecified atom stereocenters. The van der Waals surface area contributed by atoms with Crippen LogP contribution in [0.3, 0.4) is 0 Å². The fourth-order valence-corrected chi connectivity index (χ4v) is 2.32. The highest BCUT2D eigenvalue weighted by Gasteiger charge is 2.24. The van der Waals surface area contributed by atoms with E-state index in [0.717, 1.165) is 5.75 Å². The summed E-state index contributed by atoms with van der Waals surface area (Å²) in [4.78, 5) is 26.7. The molecule has 1 aliphatic rings. The highest BCUT2D eigenvalue weighted by Crippen LogP contribution is 2.07. The van der Waals surface area contributed by atoms with Gasteiger partial charge in [0, 0.05) is 31.9 Å². The summed E-state index contributed by atoms with van der Waals surface area (Å²) in [6.07, 6.45) is 1.50. The lowest BCUT2D eigenvalue weighted by Gasteiger charge is -2.34. The molecule has 0 spiro atoms. The van der Waals surface area contributed by atoms with Gasteiger partial charge in [-0.3, -0.25) is 4.79 Å². The van der Waals surface area contributed by atoms with Gasteiger partial charge in [0.15, 0.2) is 0 Å². The molecule has 1 fully saturated rings. The maximum Gasteiger partial charge on any atom is 0.409 e. The number of rotatable bonds is 5. The van der Waals surface area contributed by atoms with Gasteiger partial charge in [0.05, 0.1) is 12.4 Å². The van der Waals surface area contributed by atoms with E-state index in [2.05, 4.69) is 6.58 Å². The predicted molar refractivity (Wildman–Crippen MR) is 72.7 cm³/mol. The van der Waals surface area contributed by atoms with Crippen molar-refractivity contribution in [1.29, 1.82) is 0 Å². The fourth-order valence-electron chi connectivity index (χ4n) is 1.67. The number of piperazine rings is 1. The van der Waals surface area contributed by atoms with Crippen molar-refractivity contribution in [2.24, 2.45) is 0 Å². The van der Waals surface area contributed by atoms with E-state index in [0.29, 0.717) is 38.5 Å². The monoisotopic (exact) mass is 272 g/mol. The summed E-state index contributed by atoms with van der Waals surface area (Å²) in [7, 11) is 0. The van der Waals surface area contributed by atoms with Crippen LogP contribution in [0, 0.1) is 0 Å². The summed E-state index contributed by atoms with van der Waals surface area (Å²) >= 11 is 1.56. The molecular formula is C12H20N2O3S. The van der Waals surface area contributed by atoms with Crippen molar-refractivity contribution >= 4 is 23.8 Å². The van der Waals surface area contributed by atoms with Gasteiger partial charge in [0.1, 0.15) is 0 Å². The summed E-state index contributed by atoms with van der Waals surface area (Å²) < 4.78 is 4.92. The average Bonchev–Trinajstić information content (AvgIpc) is 2.39. The van der Waals surface area contributed by atoms with Crippen LogP contribution < -0.4 is 0 Å². The molecule has 0 aromatic heterocycles. The third kappa shape index (κ3) is 4.60. The molecule has 1 aliphatic heterocycles. The number of nitrogens with zero attached hydrogens (tertiary/aromatic N) is 2. The van der Waals surface area contributed by atoms with Crippen LogP contribution in [0.5, 0.6) is 0 Å². The number of carbonyl (C=O) groups excluding carboxylic acids is 2. The average molecular weight is 272 g/mol. The summed E-state index contributed by atoms with van der Waals surface area (Å²) in [5.74, 6) is 1.39. The third-order valence-electron chi connectivity index (χ3n) is 2.62. The Labute approximate surface area is 112 Å². The summed E-state index contributed by atoms with van der Waals surface area (Å²) in [5.41, 5.74) is 0. The van der Waals surface area contributed by atoms with Gasteiger partial charge in [0.2, 0.25) is 5.91 Å². The van der Waals surface area contributed by atoms with Crippen LogP contribution in [0.4, 0.5) is 4.79 Å². The lowest BCUT2D eigenvalue weighted by atomic mass is 10.3. The lowest BCUT2D eigenvalue weighted by Crippen LogP contribution is -2.51. The van der Waals surface area contributed by atoms with Gasteiger partial charge >= 0.3 is 6.09 Å². The molecule has 0 bridgehead atoms. The molecule has 102 valence electrons. The normalized spacial score (nSPS) is 15.4. The Morgan fingerprint density at radius 1 is 1.28 bits per heavy atom. The van der Waals surface area contributed by atoms with Crippen molar-refractivity contribution in [3.63, 3.8) is 0 Å². The highest BCUT2D eigenvalue weighted by molar-refractivity contribution is 8.00. The van der Waals surface area contributed by atoms with Crippen LogP contribution in [0.1, 0.15) is 6.92 Å². The van der Waals surface area contributed by atoms with E-state index in [9.17, 15) is 9.59 Å². The Morgan fingerprint density at radius 3 is 2.44 bits per heavy atom. The van der Waals surface area contributed by atoms with Gasteiger partial charge in [-0.05, 0) is 6.92 Å². The van der Waals surface area contributed by atoms with Crippen molar-refractivity contribution in [2.75, 3.05) is 44.3 Å². The van der Waals surface area contributed by atoms with Crippen LogP contribution in [0.15, 0.2) is 12.7 Å². The maximum absolute atomic E-state index is 11.8.